The van der Waals surface area contributed by atoms with Gasteiger partial charge in [-0.3, -0.25) is 0 Å². The fourth-order valence-electron chi connectivity index (χ4n) is 2.41. The van der Waals surface area contributed by atoms with Crippen molar-refractivity contribution < 1.29 is 13.5 Å². The minimum atomic E-state index is -3.22. The maximum Gasteiger partial charge on any atom is 0.211 e. The second-order valence-electron chi connectivity index (χ2n) is 5.25. The molecule has 108 valence electrons. The van der Waals surface area contributed by atoms with Gasteiger partial charge >= 0.3 is 0 Å². The summed E-state index contributed by atoms with van der Waals surface area (Å²) in [5.74, 6) is 0.622. The van der Waals surface area contributed by atoms with Crippen LogP contribution in [0.25, 0.3) is 0 Å². The number of hydrogen-bond acceptors (Lipinski definition) is 3. The predicted octanol–water partition coefficient (Wildman–Crippen LogP) is 1.87. The zero-order valence-corrected chi connectivity index (χ0v) is 12.4. The third kappa shape index (κ3) is 5.43. The number of rotatable bonds is 8. The second kappa shape index (κ2) is 7.68. The van der Waals surface area contributed by atoms with Crippen molar-refractivity contribution in [1.82, 2.24) is 4.72 Å². The Morgan fingerprint density at radius 1 is 1.17 bits per heavy atom. The highest BCUT2D eigenvalue weighted by Crippen LogP contribution is 2.35. The Morgan fingerprint density at radius 3 is 2.39 bits per heavy atom. The van der Waals surface area contributed by atoms with Crippen molar-refractivity contribution in [3.8, 4) is 0 Å². The maximum absolute atomic E-state index is 11.8. The Morgan fingerprint density at radius 2 is 1.83 bits per heavy atom. The van der Waals surface area contributed by atoms with E-state index in [1.54, 1.807) is 0 Å². The van der Waals surface area contributed by atoms with Crippen molar-refractivity contribution in [2.75, 3.05) is 24.8 Å². The average Bonchev–Trinajstić information content (AvgIpc) is 2.38. The van der Waals surface area contributed by atoms with E-state index in [4.69, 9.17) is 11.6 Å². The number of halogens is 1. The molecule has 0 aromatic carbocycles. The first-order chi connectivity index (χ1) is 8.54. The van der Waals surface area contributed by atoms with Crippen LogP contribution in [0.2, 0.25) is 0 Å². The molecule has 0 amide bonds. The van der Waals surface area contributed by atoms with E-state index in [0.29, 0.717) is 25.3 Å². The molecule has 0 radical (unpaired) electrons. The average molecular weight is 298 g/mol. The van der Waals surface area contributed by atoms with Gasteiger partial charge in [0.15, 0.2) is 0 Å². The number of aliphatic hydroxyl groups is 1. The molecule has 0 aliphatic heterocycles. The normalized spacial score (nSPS) is 19.9. The lowest BCUT2D eigenvalue weighted by molar-refractivity contribution is 0.0867. The van der Waals surface area contributed by atoms with Crippen LogP contribution in [-0.4, -0.2) is 38.3 Å². The van der Waals surface area contributed by atoms with Crippen molar-refractivity contribution in [2.24, 2.45) is 5.41 Å². The molecule has 4 nitrogen and oxygen atoms in total. The highest BCUT2D eigenvalue weighted by molar-refractivity contribution is 7.89. The van der Waals surface area contributed by atoms with E-state index in [9.17, 15) is 13.5 Å². The van der Waals surface area contributed by atoms with Gasteiger partial charge in [0.1, 0.15) is 0 Å². The third-order valence-electron chi connectivity index (χ3n) is 3.71. The second-order valence-corrected chi connectivity index (χ2v) is 7.56. The summed E-state index contributed by atoms with van der Waals surface area (Å²) in [5.41, 5.74) is -0.238. The Hall–Kier alpha value is 0.160. The summed E-state index contributed by atoms with van der Waals surface area (Å²) in [5, 5.41) is 9.50. The van der Waals surface area contributed by atoms with Crippen LogP contribution in [-0.2, 0) is 10.0 Å². The molecule has 0 saturated heterocycles. The van der Waals surface area contributed by atoms with Crippen LogP contribution in [0.5, 0.6) is 0 Å². The van der Waals surface area contributed by atoms with Crippen LogP contribution in [0.3, 0.4) is 0 Å². The van der Waals surface area contributed by atoms with E-state index < -0.39 is 10.0 Å². The Labute approximate surface area is 115 Å². The van der Waals surface area contributed by atoms with Crippen LogP contribution in [0, 0.1) is 5.41 Å². The molecular weight excluding hydrogens is 274 g/mol. The summed E-state index contributed by atoms with van der Waals surface area (Å²) in [6.07, 6.45) is 6.47. The van der Waals surface area contributed by atoms with Crippen LogP contribution >= 0.6 is 11.6 Å². The molecule has 0 unspecified atom stereocenters. The van der Waals surface area contributed by atoms with Gasteiger partial charge in [-0.2, -0.15) is 0 Å². The van der Waals surface area contributed by atoms with Gasteiger partial charge in [-0.05, 0) is 25.7 Å². The summed E-state index contributed by atoms with van der Waals surface area (Å²) in [6.45, 7) is 0.434. The summed E-state index contributed by atoms with van der Waals surface area (Å²) in [7, 11) is -3.22. The van der Waals surface area contributed by atoms with E-state index in [-0.39, 0.29) is 17.8 Å². The first kappa shape index (κ1) is 16.2. The molecule has 1 rings (SSSR count). The van der Waals surface area contributed by atoms with Crippen molar-refractivity contribution in [1.29, 1.82) is 0 Å². The van der Waals surface area contributed by atoms with Crippen LogP contribution in [0.1, 0.15) is 44.9 Å². The van der Waals surface area contributed by atoms with E-state index in [1.807, 2.05) is 0 Å². The van der Waals surface area contributed by atoms with E-state index in [2.05, 4.69) is 4.72 Å². The van der Waals surface area contributed by atoms with Gasteiger partial charge in [0.25, 0.3) is 0 Å². The fourth-order valence-corrected chi connectivity index (χ4v) is 3.86. The van der Waals surface area contributed by atoms with Gasteiger partial charge in [0.05, 0.1) is 5.75 Å². The SMILES string of the molecule is O=S(=O)(CCCCCl)NCC1(CO)CCCCC1. The van der Waals surface area contributed by atoms with Crippen molar-refractivity contribution in [3.05, 3.63) is 0 Å². The molecule has 18 heavy (non-hydrogen) atoms. The molecule has 1 saturated carbocycles. The topological polar surface area (TPSA) is 66.4 Å². The zero-order valence-electron chi connectivity index (χ0n) is 10.8. The first-order valence-electron chi connectivity index (χ1n) is 6.68. The Kier molecular flexibility index (Phi) is 6.92. The molecule has 0 atom stereocenters. The highest BCUT2D eigenvalue weighted by atomic mass is 35.5. The van der Waals surface area contributed by atoms with E-state index >= 15 is 0 Å². The lowest BCUT2D eigenvalue weighted by Crippen LogP contribution is -2.42. The summed E-state index contributed by atoms with van der Waals surface area (Å²) in [4.78, 5) is 0. The number of aliphatic hydroxyl groups excluding tert-OH is 1. The number of hydrogen-bond donors (Lipinski definition) is 2. The van der Waals surface area contributed by atoms with Crippen molar-refractivity contribution in [3.63, 3.8) is 0 Å². The zero-order chi connectivity index (χ0) is 13.5. The molecule has 1 fully saturated rings. The van der Waals surface area contributed by atoms with Crippen molar-refractivity contribution >= 4 is 21.6 Å². The van der Waals surface area contributed by atoms with Crippen LogP contribution in [0.15, 0.2) is 0 Å². The van der Waals surface area contributed by atoms with Gasteiger partial charge in [-0.25, -0.2) is 13.1 Å². The molecule has 1 aliphatic rings. The Bertz CT molecular complexity index is 326. The quantitative estimate of drug-likeness (QED) is 0.531. The number of unbranched alkanes of at least 4 members (excludes halogenated alkanes) is 1. The van der Waals surface area contributed by atoms with Gasteiger partial charge in [0.2, 0.25) is 10.0 Å². The maximum atomic E-state index is 11.8. The molecule has 1 aliphatic carbocycles. The van der Waals surface area contributed by atoms with Gasteiger partial charge in [-0.1, -0.05) is 19.3 Å². The van der Waals surface area contributed by atoms with E-state index in [1.165, 1.54) is 6.42 Å². The lowest BCUT2D eigenvalue weighted by Gasteiger charge is -2.35. The predicted molar refractivity (Wildman–Crippen MR) is 74.3 cm³/mol. The monoisotopic (exact) mass is 297 g/mol. The summed E-state index contributed by atoms with van der Waals surface area (Å²) >= 11 is 5.53. The van der Waals surface area contributed by atoms with Gasteiger partial charge < -0.3 is 5.11 Å². The Balaban J connectivity index is 2.41. The third-order valence-corrected chi connectivity index (χ3v) is 5.39. The molecule has 0 spiro atoms. The number of alkyl halides is 1. The molecule has 0 aromatic heterocycles. The molecular formula is C12H24ClNO3S. The standard InChI is InChI=1S/C12H24ClNO3S/c13-8-4-5-9-18(16,17)14-10-12(11-15)6-2-1-3-7-12/h14-15H,1-11H2. The van der Waals surface area contributed by atoms with Gasteiger partial charge in [0, 0.05) is 24.4 Å². The molecule has 0 aromatic rings. The van der Waals surface area contributed by atoms with E-state index in [0.717, 1.165) is 25.7 Å². The molecule has 0 heterocycles. The lowest BCUT2D eigenvalue weighted by atomic mass is 9.75. The van der Waals surface area contributed by atoms with Crippen LogP contribution < -0.4 is 4.72 Å². The smallest absolute Gasteiger partial charge is 0.211 e. The first-order valence-corrected chi connectivity index (χ1v) is 8.86. The van der Waals surface area contributed by atoms with Crippen molar-refractivity contribution in [2.45, 2.75) is 44.9 Å². The number of sulfonamides is 1. The molecule has 2 N–H and O–H groups in total. The number of nitrogens with one attached hydrogen (secondary N) is 1. The largest absolute Gasteiger partial charge is 0.396 e. The molecule has 0 bridgehead atoms. The summed E-state index contributed by atoms with van der Waals surface area (Å²) in [6, 6.07) is 0. The highest BCUT2D eigenvalue weighted by Gasteiger charge is 2.32. The summed E-state index contributed by atoms with van der Waals surface area (Å²) < 4.78 is 26.2. The minimum absolute atomic E-state index is 0.0667. The molecule has 6 heteroatoms. The van der Waals surface area contributed by atoms with Crippen LogP contribution in [0.4, 0.5) is 0 Å². The van der Waals surface area contributed by atoms with Gasteiger partial charge in [-0.15, -0.1) is 11.6 Å². The fraction of sp³-hybridized carbons (Fsp3) is 1.00. The minimum Gasteiger partial charge on any atom is -0.396 e.